The van der Waals surface area contributed by atoms with Gasteiger partial charge < -0.3 is 14.4 Å². The number of piperidine rings is 1. The molecule has 3 rings (SSSR count). The first-order valence-corrected chi connectivity index (χ1v) is 11.1. The summed E-state index contributed by atoms with van der Waals surface area (Å²) < 4.78 is 38.0. The average Bonchev–Trinajstić information content (AvgIpc) is 3.23. The number of hydrogen-bond donors (Lipinski definition) is 0. The summed E-state index contributed by atoms with van der Waals surface area (Å²) in [6, 6.07) is 4.19. The molecule has 1 aromatic carbocycles. The van der Waals surface area contributed by atoms with Gasteiger partial charge in [-0.2, -0.15) is 4.31 Å². The molecule has 1 atom stereocenters. The van der Waals surface area contributed by atoms with E-state index in [9.17, 15) is 18.5 Å². The van der Waals surface area contributed by atoms with Crippen LogP contribution in [0.1, 0.15) is 26.7 Å². The van der Waals surface area contributed by atoms with Gasteiger partial charge in [-0.25, -0.2) is 8.42 Å². The first-order chi connectivity index (χ1) is 13.4. The lowest BCUT2D eigenvalue weighted by molar-refractivity contribution is -0.384. The number of rotatable bonds is 7. The molecule has 2 fully saturated rings. The van der Waals surface area contributed by atoms with Gasteiger partial charge in [0.15, 0.2) is 6.29 Å². The van der Waals surface area contributed by atoms with Crippen molar-refractivity contribution in [1.29, 1.82) is 0 Å². The second kappa shape index (κ2) is 8.73. The summed E-state index contributed by atoms with van der Waals surface area (Å²) in [6.45, 7) is 6.49. The minimum absolute atomic E-state index is 0.0531. The molecule has 0 amide bonds. The highest BCUT2D eigenvalue weighted by molar-refractivity contribution is 7.89. The third-order valence-corrected chi connectivity index (χ3v) is 7.36. The lowest BCUT2D eigenvalue weighted by Gasteiger charge is -2.35. The van der Waals surface area contributed by atoms with Crippen LogP contribution in [0.2, 0.25) is 0 Å². The van der Waals surface area contributed by atoms with Crippen LogP contribution >= 0.6 is 0 Å². The fourth-order valence-electron chi connectivity index (χ4n) is 3.89. The van der Waals surface area contributed by atoms with Gasteiger partial charge in [0.25, 0.3) is 5.69 Å². The van der Waals surface area contributed by atoms with E-state index in [1.165, 1.54) is 16.4 Å². The molecule has 0 bridgehead atoms. The van der Waals surface area contributed by atoms with E-state index in [2.05, 4.69) is 0 Å². The van der Waals surface area contributed by atoms with Crippen molar-refractivity contribution in [2.24, 2.45) is 5.92 Å². The maximum absolute atomic E-state index is 12.7. The molecule has 0 saturated carbocycles. The van der Waals surface area contributed by atoms with E-state index in [1.54, 1.807) is 19.9 Å². The molecule has 2 aliphatic rings. The van der Waals surface area contributed by atoms with Gasteiger partial charge >= 0.3 is 0 Å². The Morgan fingerprint density at radius 2 is 1.93 bits per heavy atom. The van der Waals surface area contributed by atoms with Gasteiger partial charge in [0.2, 0.25) is 10.0 Å². The van der Waals surface area contributed by atoms with E-state index in [0.29, 0.717) is 45.1 Å². The first kappa shape index (κ1) is 21.0. The van der Waals surface area contributed by atoms with Gasteiger partial charge in [0.1, 0.15) is 5.69 Å². The number of nitro groups is 1. The van der Waals surface area contributed by atoms with Crippen LogP contribution in [0.3, 0.4) is 0 Å². The standard InChI is InChI=1S/C18H27N3O6S/c1-3-20(4-2)28(24,25)15-7-8-16(17(12-15)21(22)23)19-9-5-6-14(13-19)18-26-10-11-27-18/h7-8,12,14,18H,3-6,9-11,13H2,1-2H3/t14-/m0/s1. The smallest absolute Gasteiger partial charge is 0.293 e. The van der Waals surface area contributed by atoms with Crippen LogP contribution in [0.4, 0.5) is 11.4 Å². The zero-order valence-corrected chi connectivity index (χ0v) is 17.1. The molecule has 156 valence electrons. The second-order valence-electron chi connectivity index (χ2n) is 6.96. The van der Waals surface area contributed by atoms with Crippen molar-refractivity contribution in [3.8, 4) is 0 Å². The Kier molecular flexibility index (Phi) is 6.54. The van der Waals surface area contributed by atoms with Crippen molar-refractivity contribution in [1.82, 2.24) is 4.31 Å². The van der Waals surface area contributed by atoms with Crippen LogP contribution in [-0.4, -0.2) is 63.3 Å². The average molecular weight is 413 g/mol. The third kappa shape index (κ3) is 4.14. The molecule has 9 nitrogen and oxygen atoms in total. The van der Waals surface area contributed by atoms with E-state index in [4.69, 9.17) is 9.47 Å². The Morgan fingerprint density at radius 1 is 1.25 bits per heavy atom. The summed E-state index contributed by atoms with van der Waals surface area (Å²) >= 11 is 0. The molecular weight excluding hydrogens is 386 g/mol. The van der Waals surface area contributed by atoms with Crippen LogP contribution < -0.4 is 4.90 Å². The zero-order chi connectivity index (χ0) is 20.3. The SMILES string of the molecule is CCN(CC)S(=O)(=O)c1ccc(N2CCC[C@H](C3OCCO3)C2)c([N+](=O)[O-])c1. The first-order valence-electron chi connectivity index (χ1n) is 9.65. The lowest BCUT2D eigenvalue weighted by Crippen LogP contribution is -2.41. The van der Waals surface area contributed by atoms with E-state index in [1.807, 2.05) is 4.90 Å². The zero-order valence-electron chi connectivity index (χ0n) is 16.2. The van der Waals surface area contributed by atoms with E-state index >= 15 is 0 Å². The Labute approximate surface area is 165 Å². The monoisotopic (exact) mass is 413 g/mol. The van der Waals surface area contributed by atoms with Crippen molar-refractivity contribution < 1.29 is 22.8 Å². The lowest BCUT2D eigenvalue weighted by atomic mass is 9.96. The summed E-state index contributed by atoms with van der Waals surface area (Å²) in [5, 5.41) is 11.7. The molecule has 1 aromatic rings. The van der Waals surface area contributed by atoms with Crippen molar-refractivity contribution in [3.05, 3.63) is 28.3 Å². The third-order valence-electron chi connectivity index (χ3n) is 5.32. The Hall–Kier alpha value is -1.75. The Morgan fingerprint density at radius 3 is 2.54 bits per heavy atom. The van der Waals surface area contributed by atoms with Crippen molar-refractivity contribution in [2.45, 2.75) is 37.9 Å². The number of anilines is 1. The van der Waals surface area contributed by atoms with Gasteiger partial charge in [-0.1, -0.05) is 13.8 Å². The molecule has 10 heteroatoms. The normalized spacial score (nSPS) is 21.4. The summed E-state index contributed by atoms with van der Waals surface area (Å²) in [5.74, 6) is 0.134. The number of nitrogens with zero attached hydrogens (tertiary/aromatic N) is 3. The molecule has 0 unspecified atom stereocenters. The Balaban J connectivity index is 1.90. The Bertz CT molecular complexity index is 806. The topological polar surface area (TPSA) is 102 Å². The van der Waals surface area contributed by atoms with Crippen LogP contribution in [0.15, 0.2) is 23.1 Å². The van der Waals surface area contributed by atoms with Gasteiger partial charge in [0.05, 0.1) is 23.0 Å². The molecule has 0 radical (unpaired) electrons. The molecular formula is C18H27N3O6S. The van der Waals surface area contributed by atoms with Crippen LogP contribution in [-0.2, 0) is 19.5 Å². The van der Waals surface area contributed by atoms with Crippen LogP contribution in [0.5, 0.6) is 0 Å². The van der Waals surface area contributed by atoms with Gasteiger partial charge in [-0.15, -0.1) is 0 Å². The maximum atomic E-state index is 12.7. The van der Waals surface area contributed by atoms with Gasteiger partial charge in [0, 0.05) is 38.2 Å². The molecule has 0 spiro atoms. The van der Waals surface area contributed by atoms with Gasteiger partial charge in [-0.05, 0) is 25.0 Å². The van der Waals surface area contributed by atoms with Crippen molar-refractivity contribution in [3.63, 3.8) is 0 Å². The molecule has 0 N–H and O–H groups in total. The highest BCUT2D eigenvalue weighted by Gasteiger charge is 2.34. The highest BCUT2D eigenvalue weighted by Crippen LogP contribution is 2.35. The molecule has 2 saturated heterocycles. The fourth-order valence-corrected chi connectivity index (χ4v) is 5.37. The summed E-state index contributed by atoms with van der Waals surface area (Å²) in [5.41, 5.74) is 0.244. The predicted octanol–water partition coefficient (Wildman–Crippen LogP) is 2.21. The molecule has 2 heterocycles. The molecule has 28 heavy (non-hydrogen) atoms. The number of hydrogen-bond acceptors (Lipinski definition) is 7. The van der Waals surface area contributed by atoms with Gasteiger partial charge in [-0.3, -0.25) is 10.1 Å². The maximum Gasteiger partial charge on any atom is 0.293 e. The van der Waals surface area contributed by atoms with Crippen molar-refractivity contribution >= 4 is 21.4 Å². The molecule has 0 aromatic heterocycles. The van der Waals surface area contributed by atoms with Crippen LogP contribution in [0, 0.1) is 16.0 Å². The largest absolute Gasteiger partial charge is 0.366 e. The number of sulfonamides is 1. The number of nitro benzene ring substituents is 1. The van der Waals surface area contributed by atoms with E-state index in [0.717, 1.165) is 12.8 Å². The predicted molar refractivity (Wildman–Crippen MR) is 104 cm³/mol. The minimum Gasteiger partial charge on any atom is -0.366 e. The number of benzene rings is 1. The summed E-state index contributed by atoms with van der Waals surface area (Å²) in [7, 11) is -3.76. The molecule has 2 aliphatic heterocycles. The fraction of sp³-hybridized carbons (Fsp3) is 0.667. The summed E-state index contributed by atoms with van der Waals surface area (Å²) in [4.78, 5) is 13.1. The van der Waals surface area contributed by atoms with Crippen LogP contribution in [0.25, 0.3) is 0 Å². The highest BCUT2D eigenvalue weighted by atomic mass is 32.2. The van der Waals surface area contributed by atoms with Crippen molar-refractivity contribution in [2.75, 3.05) is 44.3 Å². The van der Waals surface area contributed by atoms with E-state index < -0.39 is 14.9 Å². The number of ether oxygens (including phenoxy) is 2. The quantitative estimate of drug-likeness (QED) is 0.499. The minimum atomic E-state index is -3.76. The van der Waals surface area contributed by atoms with E-state index in [-0.39, 0.29) is 22.8 Å². The summed E-state index contributed by atoms with van der Waals surface area (Å²) in [6.07, 6.45) is 1.53. The molecule has 0 aliphatic carbocycles. The second-order valence-corrected chi connectivity index (χ2v) is 8.89.